The molecule has 0 saturated carbocycles. The van der Waals surface area contributed by atoms with Crippen LogP contribution in [0.3, 0.4) is 0 Å². The summed E-state index contributed by atoms with van der Waals surface area (Å²) in [5, 5.41) is 15.0. The third kappa shape index (κ3) is 6.63. The number of benzene rings is 2. The molecule has 1 aliphatic rings. The average molecular weight is 607 g/mol. The van der Waals surface area contributed by atoms with Crippen LogP contribution in [0.15, 0.2) is 36.4 Å². The highest BCUT2D eigenvalue weighted by Gasteiger charge is 2.20. The van der Waals surface area contributed by atoms with Crippen LogP contribution in [0.2, 0.25) is 25.7 Å². The van der Waals surface area contributed by atoms with Crippen molar-refractivity contribution >= 4 is 47.7 Å². The topological polar surface area (TPSA) is 70.8 Å². The predicted octanol–water partition coefficient (Wildman–Crippen LogP) is 5.72. The van der Waals surface area contributed by atoms with Crippen molar-refractivity contribution in [1.29, 1.82) is 0 Å². The maximum absolute atomic E-state index is 11.1. The summed E-state index contributed by atoms with van der Waals surface area (Å²) in [6.07, 6.45) is -0.823. The van der Waals surface area contributed by atoms with Gasteiger partial charge >= 0.3 is 6.09 Å². The molecule has 188 valence electrons. The Morgan fingerprint density at radius 3 is 2.51 bits per heavy atom. The Labute approximate surface area is 222 Å². The Morgan fingerprint density at radius 1 is 1.11 bits per heavy atom. The molecule has 7 nitrogen and oxygen atoms in total. The lowest BCUT2D eigenvalue weighted by molar-refractivity contribution is 0.0814. The van der Waals surface area contributed by atoms with Crippen LogP contribution in [-0.2, 0) is 18.0 Å². The van der Waals surface area contributed by atoms with E-state index in [0.29, 0.717) is 19.8 Å². The smallest absolute Gasteiger partial charge is 0.407 e. The van der Waals surface area contributed by atoms with Gasteiger partial charge in [0, 0.05) is 52.8 Å². The number of amides is 1. The second kappa shape index (κ2) is 11.0. The number of carboxylic acid groups (broad SMARTS) is 1. The third-order valence-corrected chi connectivity index (χ3v) is 9.07. The van der Waals surface area contributed by atoms with Crippen LogP contribution in [-0.4, -0.2) is 71.6 Å². The number of rotatable bonds is 8. The van der Waals surface area contributed by atoms with Crippen LogP contribution in [0, 0.1) is 10.6 Å². The summed E-state index contributed by atoms with van der Waals surface area (Å²) in [4.78, 5) is 14.9. The van der Waals surface area contributed by atoms with Crippen LogP contribution in [0.5, 0.6) is 0 Å². The molecule has 2 heterocycles. The second-order valence-corrected chi connectivity index (χ2v) is 17.2. The van der Waals surface area contributed by atoms with E-state index >= 15 is 0 Å². The van der Waals surface area contributed by atoms with Crippen molar-refractivity contribution in [2.75, 3.05) is 32.8 Å². The van der Waals surface area contributed by atoms with E-state index < -0.39 is 14.2 Å². The first kappa shape index (κ1) is 26.1. The summed E-state index contributed by atoms with van der Waals surface area (Å²) in [7, 11) is -1.10. The summed E-state index contributed by atoms with van der Waals surface area (Å²) in [6, 6.07) is 14.4. The van der Waals surface area contributed by atoms with Gasteiger partial charge in [-0.25, -0.2) is 9.48 Å². The monoisotopic (exact) mass is 606 g/mol. The Morgan fingerprint density at radius 2 is 1.86 bits per heavy atom. The quantitative estimate of drug-likeness (QED) is 0.202. The van der Waals surface area contributed by atoms with Crippen LogP contribution in [0.1, 0.15) is 11.1 Å². The number of aryl methyl sites for hydroxylation is 1. The molecule has 1 fully saturated rings. The molecule has 1 aliphatic heterocycles. The summed E-state index contributed by atoms with van der Waals surface area (Å²) in [5.74, 6) is 0. The fourth-order valence-corrected chi connectivity index (χ4v) is 5.89. The number of fused-ring (bicyclic) bond motifs is 1. The highest BCUT2D eigenvalue weighted by atomic mass is 127. The van der Waals surface area contributed by atoms with Gasteiger partial charge in [-0.05, 0) is 69.9 Å². The largest absolute Gasteiger partial charge is 0.465 e. The number of nitrogens with zero attached hydrogens (tertiary/aromatic N) is 4. The summed E-state index contributed by atoms with van der Waals surface area (Å²) in [6.45, 7) is 14.0. The van der Waals surface area contributed by atoms with E-state index in [-0.39, 0.29) is 0 Å². The maximum atomic E-state index is 11.1. The zero-order valence-corrected chi connectivity index (χ0v) is 24.2. The van der Waals surface area contributed by atoms with Crippen molar-refractivity contribution in [2.24, 2.45) is 0 Å². The number of halogens is 1. The molecule has 0 radical (unpaired) electrons. The lowest BCUT2D eigenvalue weighted by Crippen LogP contribution is -2.47. The third-order valence-electron chi connectivity index (χ3n) is 6.57. The van der Waals surface area contributed by atoms with Crippen LogP contribution in [0.25, 0.3) is 22.0 Å². The Hall–Kier alpha value is -1.95. The normalized spacial score (nSPS) is 15.2. The van der Waals surface area contributed by atoms with Gasteiger partial charge < -0.3 is 14.7 Å². The Kier molecular flexibility index (Phi) is 8.19. The van der Waals surface area contributed by atoms with Gasteiger partial charge in [0.05, 0.1) is 5.52 Å². The molecular weight excluding hydrogens is 571 g/mol. The van der Waals surface area contributed by atoms with Gasteiger partial charge in [-0.15, -0.1) is 0 Å². The van der Waals surface area contributed by atoms with E-state index in [1.54, 1.807) is 0 Å². The first-order valence-corrected chi connectivity index (χ1v) is 16.9. The minimum atomic E-state index is -1.10. The van der Waals surface area contributed by atoms with Gasteiger partial charge in [-0.3, -0.25) is 4.90 Å². The molecule has 0 spiro atoms. The molecule has 35 heavy (non-hydrogen) atoms. The first-order chi connectivity index (χ1) is 16.6. The lowest BCUT2D eigenvalue weighted by Gasteiger charge is -2.33. The van der Waals surface area contributed by atoms with Crippen molar-refractivity contribution in [3.8, 4) is 11.1 Å². The molecule has 1 aromatic heterocycles. The van der Waals surface area contributed by atoms with E-state index in [1.165, 1.54) is 27.2 Å². The molecule has 1 N–H and O–H groups in total. The van der Waals surface area contributed by atoms with Crippen molar-refractivity contribution in [2.45, 2.75) is 45.9 Å². The Balaban J connectivity index is 1.44. The number of hydrogen-bond acceptors (Lipinski definition) is 4. The molecule has 0 bridgehead atoms. The molecular formula is C26H35IN4O3Si. The molecule has 2 aromatic carbocycles. The number of aromatic nitrogens is 2. The average Bonchev–Trinajstić information content (AvgIpc) is 3.11. The molecule has 9 heteroatoms. The van der Waals surface area contributed by atoms with E-state index in [9.17, 15) is 4.79 Å². The summed E-state index contributed by atoms with van der Waals surface area (Å²) < 4.78 is 8.89. The van der Waals surface area contributed by atoms with Gasteiger partial charge in [0.15, 0.2) is 0 Å². The fraction of sp³-hybridized carbons (Fsp3) is 0.462. The molecule has 1 saturated heterocycles. The number of hydrogen-bond donors (Lipinski definition) is 1. The molecule has 0 atom stereocenters. The van der Waals surface area contributed by atoms with Gasteiger partial charge in [-0.2, -0.15) is 5.10 Å². The van der Waals surface area contributed by atoms with Gasteiger partial charge in [0.2, 0.25) is 0 Å². The van der Waals surface area contributed by atoms with Crippen LogP contribution >= 0.6 is 22.6 Å². The van der Waals surface area contributed by atoms with Crippen molar-refractivity contribution in [3.05, 3.63) is 51.2 Å². The SMILES string of the molecule is Cc1cc(CN2CCN(C(=O)O)CC2)ccc1-c1ccc2c(c1)c(I)nn2COCC[Si](C)(C)C. The van der Waals surface area contributed by atoms with Crippen molar-refractivity contribution in [1.82, 2.24) is 19.6 Å². The number of piperazine rings is 1. The molecule has 0 aliphatic carbocycles. The van der Waals surface area contributed by atoms with E-state index in [1.807, 2.05) is 4.68 Å². The van der Waals surface area contributed by atoms with Crippen molar-refractivity contribution < 1.29 is 14.6 Å². The number of ether oxygens (including phenoxy) is 1. The van der Waals surface area contributed by atoms with E-state index in [4.69, 9.17) is 14.9 Å². The highest BCUT2D eigenvalue weighted by molar-refractivity contribution is 14.1. The minimum absolute atomic E-state index is 0.484. The zero-order chi connectivity index (χ0) is 25.2. The fourth-order valence-electron chi connectivity index (χ4n) is 4.44. The van der Waals surface area contributed by atoms with Crippen molar-refractivity contribution in [3.63, 3.8) is 0 Å². The Bertz CT molecular complexity index is 1200. The summed E-state index contributed by atoms with van der Waals surface area (Å²) >= 11 is 2.31. The van der Waals surface area contributed by atoms with Gasteiger partial charge in [-0.1, -0.05) is 43.9 Å². The van der Waals surface area contributed by atoms with Gasteiger partial charge in [0.25, 0.3) is 0 Å². The minimum Gasteiger partial charge on any atom is -0.465 e. The molecule has 1 amide bonds. The van der Waals surface area contributed by atoms with E-state index in [2.05, 4.69) is 90.5 Å². The predicted molar refractivity (Wildman–Crippen MR) is 152 cm³/mol. The van der Waals surface area contributed by atoms with Crippen LogP contribution in [0.4, 0.5) is 4.79 Å². The second-order valence-electron chi connectivity index (χ2n) is 10.6. The zero-order valence-electron chi connectivity index (χ0n) is 21.1. The number of carbonyl (C=O) groups is 1. The van der Waals surface area contributed by atoms with Gasteiger partial charge in [0.1, 0.15) is 10.4 Å². The standard InChI is InChI=1S/C26H35IN4O3Si/c1-19-15-20(17-29-9-11-30(12-10-29)26(32)33)5-7-22(19)21-6-8-24-23(16-21)25(27)28-31(24)18-34-13-14-35(2,3)4/h5-8,15-16H,9-14,17-18H2,1-4H3,(H,32,33). The maximum Gasteiger partial charge on any atom is 0.407 e. The molecule has 0 unspecified atom stereocenters. The highest BCUT2D eigenvalue weighted by Crippen LogP contribution is 2.30. The van der Waals surface area contributed by atoms with E-state index in [0.717, 1.165) is 46.9 Å². The first-order valence-electron chi connectivity index (χ1n) is 12.1. The van der Waals surface area contributed by atoms with Crippen LogP contribution < -0.4 is 0 Å². The molecule has 3 aromatic rings. The molecule has 4 rings (SSSR count). The summed E-state index contributed by atoms with van der Waals surface area (Å²) in [5.41, 5.74) is 6.01. The lowest BCUT2D eigenvalue weighted by atomic mass is 9.97.